The van der Waals surface area contributed by atoms with E-state index < -0.39 is 15.8 Å². The number of nitrogens with two attached hydrogens (primary N) is 1. The minimum absolute atomic E-state index is 0.113. The molecule has 0 unspecified atom stereocenters. The Morgan fingerprint density at radius 3 is 2.45 bits per heavy atom. The van der Waals surface area contributed by atoms with Gasteiger partial charge in [0, 0.05) is 11.7 Å². The van der Waals surface area contributed by atoms with Crippen LogP contribution in [0.4, 0.5) is 10.1 Å². The van der Waals surface area contributed by atoms with Crippen LogP contribution < -0.4 is 10.5 Å². The minimum Gasteiger partial charge on any atom is -0.398 e. The van der Waals surface area contributed by atoms with Crippen molar-refractivity contribution >= 4 is 15.7 Å². The molecule has 0 aromatic heterocycles. The quantitative estimate of drug-likeness (QED) is 0.843. The van der Waals surface area contributed by atoms with E-state index in [1.807, 2.05) is 0 Å². The predicted molar refractivity (Wildman–Crippen MR) is 77.3 cm³/mol. The number of benzene rings is 1. The van der Waals surface area contributed by atoms with Gasteiger partial charge in [0.15, 0.2) is 0 Å². The first kappa shape index (κ1) is 15.3. The number of sulfonamides is 1. The second kappa shape index (κ2) is 5.69. The van der Waals surface area contributed by atoms with E-state index in [-0.39, 0.29) is 16.6 Å². The van der Waals surface area contributed by atoms with Crippen molar-refractivity contribution in [3.05, 3.63) is 23.5 Å². The standard InChI is InChI=1S/C14H21FN2O2S/c1-9-3-5-11(6-4-9)17-20(18,19)14-8-13(16)10(2)7-12(14)15/h7-9,11,17H,3-6,16H2,1-2H3. The van der Waals surface area contributed by atoms with E-state index in [1.54, 1.807) is 6.92 Å². The van der Waals surface area contributed by atoms with Crippen LogP contribution in [0.1, 0.15) is 38.2 Å². The van der Waals surface area contributed by atoms with Gasteiger partial charge >= 0.3 is 0 Å². The first-order chi connectivity index (χ1) is 9.29. The summed E-state index contributed by atoms with van der Waals surface area (Å²) >= 11 is 0. The Bertz CT molecular complexity index is 593. The molecule has 0 aliphatic heterocycles. The molecule has 4 nitrogen and oxygen atoms in total. The highest BCUT2D eigenvalue weighted by atomic mass is 32.2. The van der Waals surface area contributed by atoms with Crippen LogP contribution in [0, 0.1) is 18.7 Å². The smallest absolute Gasteiger partial charge is 0.243 e. The fourth-order valence-electron chi connectivity index (χ4n) is 2.54. The molecule has 20 heavy (non-hydrogen) atoms. The molecule has 1 aliphatic rings. The van der Waals surface area contributed by atoms with Gasteiger partial charge in [-0.3, -0.25) is 0 Å². The second-order valence-corrected chi connectivity index (χ2v) is 7.40. The summed E-state index contributed by atoms with van der Waals surface area (Å²) in [6, 6.07) is 2.24. The molecular weight excluding hydrogens is 279 g/mol. The van der Waals surface area contributed by atoms with E-state index in [0.717, 1.165) is 31.7 Å². The zero-order valence-corrected chi connectivity index (χ0v) is 12.6. The molecule has 1 aliphatic carbocycles. The SMILES string of the molecule is Cc1cc(F)c(S(=O)(=O)NC2CCC(C)CC2)cc1N. The third-order valence-corrected chi connectivity index (χ3v) is 5.48. The molecule has 1 saturated carbocycles. The van der Waals surface area contributed by atoms with Gasteiger partial charge in [0.1, 0.15) is 10.7 Å². The summed E-state index contributed by atoms with van der Waals surface area (Å²) in [5.74, 6) is -0.129. The van der Waals surface area contributed by atoms with E-state index in [1.165, 1.54) is 6.07 Å². The number of aryl methyl sites for hydroxylation is 1. The zero-order chi connectivity index (χ0) is 14.9. The van der Waals surface area contributed by atoms with Gasteiger partial charge in [-0.05, 0) is 56.2 Å². The van der Waals surface area contributed by atoms with Crippen LogP contribution in [0.25, 0.3) is 0 Å². The molecule has 6 heteroatoms. The van der Waals surface area contributed by atoms with Crippen LogP contribution in [0.3, 0.4) is 0 Å². The molecule has 112 valence electrons. The summed E-state index contributed by atoms with van der Waals surface area (Å²) in [5, 5.41) is 0. The lowest BCUT2D eigenvalue weighted by Crippen LogP contribution is -2.37. The molecule has 0 bridgehead atoms. The molecule has 0 atom stereocenters. The molecule has 0 amide bonds. The summed E-state index contributed by atoms with van der Waals surface area (Å²) in [5.41, 5.74) is 6.50. The van der Waals surface area contributed by atoms with Crippen LogP contribution >= 0.6 is 0 Å². The van der Waals surface area contributed by atoms with Gasteiger partial charge in [-0.15, -0.1) is 0 Å². The second-order valence-electron chi connectivity index (χ2n) is 5.72. The normalized spacial score (nSPS) is 23.8. The fraction of sp³-hybridized carbons (Fsp3) is 0.571. The Hall–Kier alpha value is -1.14. The Balaban J connectivity index is 2.20. The molecule has 1 aromatic rings. The highest BCUT2D eigenvalue weighted by Crippen LogP contribution is 2.26. The highest BCUT2D eigenvalue weighted by Gasteiger charge is 2.26. The van der Waals surface area contributed by atoms with Gasteiger partial charge in [-0.1, -0.05) is 6.92 Å². The Kier molecular flexibility index (Phi) is 4.34. The van der Waals surface area contributed by atoms with Gasteiger partial charge in [-0.25, -0.2) is 17.5 Å². The summed E-state index contributed by atoms with van der Waals surface area (Å²) in [6.45, 7) is 3.80. The van der Waals surface area contributed by atoms with Crippen molar-refractivity contribution in [3.63, 3.8) is 0 Å². The van der Waals surface area contributed by atoms with Gasteiger partial charge in [-0.2, -0.15) is 0 Å². The van der Waals surface area contributed by atoms with Crippen molar-refractivity contribution in [2.24, 2.45) is 5.92 Å². The van der Waals surface area contributed by atoms with Gasteiger partial charge in [0.2, 0.25) is 10.0 Å². The maximum Gasteiger partial charge on any atom is 0.243 e. The summed E-state index contributed by atoms with van der Waals surface area (Å²) in [4.78, 5) is -0.362. The Morgan fingerprint density at radius 2 is 1.85 bits per heavy atom. The summed E-state index contributed by atoms with van der Waals surface area (Å²) in [7, 11) is -3.85. The first-order valence-electron chi connectivity index (χ1n) is 6.87. The van der Waals surface area contributed by atoms with Crippen molar-refractivity contribution in [1.82, 2.24) is 4.72 Å². The largest absolute Gasteiger partial charge is 0.398 e. The van der Waals surface area contributed by atoms with Crippen molar-refractivity contribution in [1.29, 1.82) is 0 Å². The Morgan fingerprint density at radius 1 is 1.25 bits per heavy atom. The lowest BCUT2D eigenvalue weighted by atomic mass is 9.88. The molecule has 2 rings (SSSR count). The van der Waals surface area contributed by atoms with Crippen LogP contribution in [0.15, 0.2) is 17.0 Å². The summed E-state index contributed by atoms with van der Waals surface area (Å²) in [6.07, 6.45) is 3.57. The van der Waals surface area contributed by atoms with Crippen molar-refractivity contribution < 1.29 is 12.8 Å². The monoisotopic (exact) mass is 300 g/mol. The molecule has 3 N–H and O–H groups in total. The fourth-order valence-corrected chi connectivity index (χ4v) is 3.93. The third kappa shape index (κ3) is 3.30. The number of nitrogen functional groups attached to an aromatic ring is 1. The number of nitrogens with one attached hydrogen (secondary N) is 1. The molecular formula is C14H21FN2O2S. The number of hydrogen-bond acceptors (Lipinski definition) is 3. The van der Waals surface area contributed by atoms with Crippen LogP contribution in [0.2, 0.25) is 0 Å². The molecule has 0 saturated heterocycles. The van der Waals surface area contributed by atoms with Crippen molar-refractivity contribution in [2.75, 3.05) is 5.73 Å². The minimum atomic E-state index is -3.85. The van der Waals surface area contributed by atoms with E-state index in [2.05, 4.69) is 11.6 Å². The van der Waals surface area contributed by atoms with E-state index in [4.69, 9.17) is 5.73 Å². The number of halogens is 1. The van der Waals surface area contributed by atoms with Gasteiger partial charge < -0.3 is 5.73 Å². The third-order valence-electron chi connectivity index (χ3n) is 3.95. The summed E-state index contributed by atoms with van der Waals surface area (Å²) < 4.78 is 41.0. The maximum atomic E-state index is 13.9. The van der Waals surface area contributed by atoms with Crippen LogP contribution in [-0.4, -0.2) is 14.5 Å². The lowest BCUT2D eigenvalue weighted by molar-refractivity contribution is 0.332. The lowest BCUT2D eigenvalue weighted by Gasteiger charge is -2.26. The highest BCUT2D eigenvalue weighted by molar-refractivity contribution is 7.89. The van der Waals surface area contributed by atoms with Crippen LogP contribution in [0.5, 0.6) is 0 Å². The predicted octanol–water partition coefficient (Wildman–Crippen LogP) is 2.57. The van der Waals surface area contributed by atoms with Crippen molar-refractivity contribution in [2.45, 2.75) is 50.5 Å². The van der Waals surface area contributed by atoms with E-state index in [9.17, 15) is 12.8 Å². The number of hydrogen-bond donors (Lipinski definition) is 2. The number of rotatable bonds is 3. The molecule has 0 heterocycles. The molecule has 0 radical (unpaired) electrons. The molecule has 1 fully saturated rings. The first-order valence-corrected chi connectivity index (χ1v) is 8.36. The topological polar surface area (TPSA) is 72.2 Å². The van der Waals surface area contributed by atoms with E-state index in [0.29, 0.717) is 11.5 Å². The molecule has 1 aromatic carbocycles. The average molecular weight is 300 g/mol. The van der Waals surface area contributed by atoms with E-state index >= 15 is 0 Å². The molecule has 0 spiro atoms. The maximum absolute atomic E-state index is 13.9. The Labute approximate surface area is 119 Å². The number of anilines is 1. The van der Waals surface area contributed by atoms with Gasteiger partial charge in [0.25, 0.3) is 0 Å². The van der Waals surface area contributed by atoms with Crippen molar-refractivity contribution in [3.8, 4) is 0 Å². The zero-order valence-electron chi connectivity index (χ0n) is 11.8. The van der Waals surface area contributed by atoms with Crippen LogP contribution in [-0.2, 0) is 10.0 Å². The average Bonchev–Trinajstić information content (AvgIpc) is 2.36. The van der Waals surface area contributed by atoms with Gasteiger partial charge in [0.05, 0.1) is 0 Å².